The van der Waals surface area contributed by atoms with Crippen LogP contribution in [0.3, 0.4) is 0 Å². The van der Waals surface area contributed by atoms with Crippen LogP contribution in [0.2, 0.25) is 5.02 Å². The van der Waals surface area contributed by atoms with Crippen molar-refractivity contribution in [3.8, 4) is 5.69 Å². The summed E-state index contributed by atoms with van der Waals surface area (Å²) in [5.41, 5.74) is -1.16. The minimum atomic E-state index is -4.53. The number of alkyl halides is 6. The Balaban J connectivity index is 1.22. The third-order valence-corrected chi connectivity index (χ3v) is 8.78. The number of hydrogen-bond donors (Lipinski definition) is 0. The topological polar surface area (TPSA) is 54.3 Å². The second-order valence-corrected chi connectivity index (χ2v) is 11.5. The van der Waals surface area contributed by atoms with E-state index in [1.807, 2.05) is 0 Å². The van der Waals surface area contributed by atoms with Gasteiger partial charge in [-0.05, 0) is 56.4 Å². The summed E-state index contributed by atoms with van der Waals surface area (Å²) in [6.07, 6.45) is -8.00. The summed E-state index contributed by atoms with van der Waals surface area (Å²) in [5.74, 6) is 0.116. The van der Waals surface area contributed by atoms with Crippen LogP contribution in [0.25, 0.3) is 5.69 Å². The number of aromatic nitrogens is 3. The maximum absolute atomic E-state index is 13.6. The van der Waals surface area contributed by atoms with Crippen molar-refractivity contribution in [3.63, 3.8) is 0 Å². The molecule has 1 saturated heterocycles. The lowest BCUT2D eigenvalue weighted by Crippen LogP contribution is -2.65. The molecule has 1 amide bonds. The van der Waals surface area contributed by atoms with Crippen LogP contribution in [0.4, 0.5) is 26.3 Å². The molecule has 3 heterocycles. The van der Waals surface area contributed by atoms with Gasteiger partial charge in [0.05, 0.1) is 12.2 Å². The van der Waals surface area contributed by atoms with E-state index in [9.17, 15) is 31.1 Å². The Morgan fingerprint density at radius 1 is 1.08 bits per heavy atom. The second kappa shape index (κ2) is 7.84. The molecule has 2 aromatic rings. The van der Waals surface area contributed by atoms with Crippen LogP contribution < -0.4 is 0 Å². The van der Waals surface area contributed by atoms with E-state index in [0.29, 0.717) is 40.8 Å². The molecular weight excluding hydrogens is 524 g/mol. The molecule has 1 aromatic carbocycles. The van der Waals surface area contributed by atoms with E-state index in [-0.39, 0.29) is 50.4 Å². The molecule has 2 aliphatic carbocycles. The maximum Gasteiger partial charge on any atom is 0.403 e. The summed E-state index contributed by atoms with van der Waals surface area (Å²) in [5, 5.41) is 8.99. The van der Waals surface area contributed by atoms with E-state index in [4.69, 9.17) is 11.6 Å². The van der Waals surface area contributed by atoms with E-state index >= 15 is 0 Å². The molecule has 37 heavy (non-hydrogen) atoms. The predicted molar refractivity (Wildman–Crippen MR) is 120 cm³/mol. The Bertz CT molecular complexity index is 1260. The second-order valence-electron chi connectivity index (χ2n) is 11.1. The van der Waals surface area contributed by atoms with Gasteiger partial charge >= 0.3 is 12.4 Å². The van der Waals surface area contributed by atoms with Crippen LogP contribution in [0.5, 0.6) is 0 Å². The standard InChI is InChI=1S/C24H24ClF6N5O/c1-13(23(26,27)28)34-9-14-6-16(25)2-3-17(14)36-18(10-34)32-33-19(36)15-7-21(8-15)11-35(12-21)20(37)22(4-5-22)24(29,30)31/h2-3,6,13,15H,4-5,7-12H2,1H3. The Kier molecular flexibility index (Phi) is 5.29. The zero-order valence-electron chi connectivity index (χ0n) is 19.8. The molecular formula is C24H24ClF6N5O. The number of nitrogens with zero attached hydrogens (tertiary/aromatic N) is 5. The number of benzene rings is 1. The smallest absolute Gasteiger partial charge is 0.341 e. The fourth-order valence-electron chi connectivity index (χ4n) is 6.18. The molecule has 0 N–H and O–H groups in total. The summed E-state index contributed by atoms with van der Waals surface area (Å²) in [6.45, 7) is 1.65. The van der Waals surface area contributed by atoms with Crippen molar-refractivity contribution in [1.29, 1.82) is 0 Å². The average Bonchev–Trinajstić information content (AvgIpc) is 3.50. The van der Waals surface area contributed by atoms with Gasteiger partial charge in [-0.3, -0.25) is 14.3 Å². The van der Waals surface area contributed by atoms with Crippen molar-refractivity contribution < 1.29 is 31.1 Å². The van der Waals surface area contributed by atoms with Gasteiger partial charge in [-0.1, -0.05) is 11.6 Å². The van der Waals surface area contributed by atoms with Gasteiger partial charge < -0.3 is 4.90 Å². The molecule has 1 atom stereocenters. The van der Waals surface area contributed by atoms with Crippen molar-refractivity contribution >= 4 is 17.5 Å². The molecule has 1 spiro atoms. The quantitative estimate of drug-likeness (QED) is 0.494. The van der Waals surface area contributed by atoms with Gasteiger partial charge in [-0.2, -0.15) is 26.3 Å². The molecule has 6 nitrogen and oxygen atoms in total. The van der Waals surface area contributed by atoms with Crippen LogP contribution in [0.1, 0.15) is 55.7 Å². The molecule has 3 fully saturated rings. The number of likely N-dealkylation sites (tertiary alicyclic amines) is 1. The first-order chi connectivity index (χ1) is 17.2. The fraction of sp³-hybridized carbons (Fsp3) is 0.625. The van der Waals surface area contributed by atoms with Crippen LogP contribution in [-0.2, 0) is 17.9 Å². The molecule has 200 valence electrons. The lowest BCUT2D eigenvalue weighted by atomic mass is 9.57. The maximum atomic E-state index is 13.6. The molecule has 6 rings (SSSR count). The molecule has 1 unspecified atom stereocenters. The molecule has 0 bridgehead atoms. The third kappa shape index (κ3) is 3.85. The highest BCUT2D eigenvalue weighted by Gasteiger charge is 2.71. The highest BCUT2D eigenvalue weighted by atomic mass is 35.5. The Hall–Kier alpha value is -2.34. The number of carbonyl (C=O) groups is 1. The number of hydrogen-bond acceptors (Lipinski definition) is 4. The number of amides is 1. The summed E-state index contributed by atoms with van der Waals surface area (Å²) in [4.78, 5) is 15.1. The van der Waals surface area contributed by atoms with Crippen molar-refractivity contribution in [3.05, 3.63) is 40.4 Å². The van der Waals surface area contributed by atoms with Crippen LogP contribution >= 0.6 is 11.6 Å². The zero-order chi connectivity index (χ0) is 26.5. The van der Waals surface area contributed by atoms with E-state index in [2.05, 4.69) is 10.2 Å². The van der Waals surface area contributed by atoms with Gasteiger partial charge in [0.25, 0.3) is 0 Å². The fourth-order valence-corrected chi connectivity index (χ4v) is 6.37. The Morgan fingerprint density at radius 2 is 1.76 bits per heavy atom. The van der Waals surface area contributed by atoms with Crippen molar-refractivity contribution in [2.75, 3.05) is 13.1 Å². The number of rotatable bonds is 3. The molecule has 0 radical (unpaired) electrons. The Labute approximate surface area is 213 Å². The van der Waals surface area contributed by atoms with E-state index in [1.54, 1.807) is 22.8 Å². The summed E-state index contributed by atoms with van der Waals surface area (Å²) < 4.78 is 82.5. The minimum Gasteiger partial charge on any atom is -0.341 e. The highest BCUT2D eigenvalue weighted by molar-refractivity contribution is 6.30. The monoisotopic (exact) mass is 547 g/mol. The van der Waals surface area contributed by atoms with Gasteiger partial charge in [0.1, 0.15) is 17.3 Å². The molecule has 4 aliphatic rings. The average molecular weight is 548 g/mol. The SMILES string of the molecule is CC(N1Cc2cc(Cl)ccc2-n2c(nnc2C2CC3(C2)CN(C(=O)C2(C(F)(F)F)CC2)C3)C1)C(F)(F)F. The lowest BCUT2D eigenvalue weighted by molar-refractivity contribution is -0.207. The van der Waals surface area contributed by atoms with Crippen molar-refractivity contribution in [2.24, 2.45) is 10.8 Å². The number of carbonyl (C=O) groups excluding carboxylic acids is 1. The molecule has 13 heteroatoms. The number of halogens is 7. The van der Waals surface area contributed by atoms with Crippen molar-refractivity contribution in [1.82, 2.24) is 24.6 Å². The predicted octanol–water partition coefficient (Wildman–Crippen LogP) is 5.24. The first-order valence-corrected chi connectivity index (χ1v) is 12.5. The highest BCUT2D eigenvalue weighted by Crippen LogP contribution is 2.62. The molecule has 2 aliphatic heterocycles. The zero-order valence-corrected chi connectivity index (χ0v) is 20.6. The molecule has 1 aromatic heterocycles. The summed E-state index contributed by atoms with van der Waals surface area (Å²) in [7, 11) is 0. The van der Waals surface area contributed by atoms with E-state index in [0.717, 1.165) is 6.92 Å². The first kappa shape index (κ1) is 25.0. The van der Waals surface area contributed by atoms with Gasteiger partial charge in [0.2, 0.25) is 5.91 Å². The van der Waals surface area contributed by atoms with Gasteiger partial charge in [-0.25, -0.2) is 0 Å². The van der Waals surface area contributed by atoms with Crippen molar-refractivity contribution in [2.45, 2.75) is 70.0 Å². The van der Waals surface area contributed by atoms with Gasteiger partial charge in [0, 0.05) is 36.0 Å². The largest absolute Gasteiger partial charge is 0.403 e. The normalized spacial score (nSPS) is 23.5. The first-order valence-electron chi connectivity index (χ1n) is 12.1. The summed E-state index contributed by atoms with van der Waals surface area (Å²) >= 11 is 6.17. The Morgan fingerprint density at radius 3 is 2.35 bits per heavy atom. The van der Waals surface area contributed by atoms with Crippen LogP contribution in [0, 0.1) is 10.8 Å². The van der Waals surface area contributed by atoms with Gasteiger partial charge in [0.15, 0.2) is 5.82 Å². The van der Waals surface area contributed by atoms with Crippen LogP contribution in [-0.4, -0.2) is 62.0 Å². The summed E-state index contributed by atoms with van der Waals surface area (Å²) in [6, 6.07) is 3.36. The number of fused-ring (bicyclic) bond motifs is 3. The molecule has 2 saturated carbocycles. The third-order valence-electron chi connectivity index (χ3n) is 8.54. The van der Waals surface area contributed by atoms with E-state index < -0.39 is 29.7 Å². The van der Waals surface area contributed by atoms with Gasteiger partial charge in [-0.15, -0.1) is 10.2 Å². The van der Waals surface area contributed by atoms with Crippen LogP contribution in [0.15, 0.2) is 18.2 Å². The minimum absolute atomic E-state index is 0.0337. The van der Waals surface area contributed by atoms with E-state index in [1.165, 1.54) is 9.80 Å². The lowest BCUT2D eigenvalue weighted by Gasteiger charge is -2.59.